The first-order valence-corrected chi connectivity index (χ1v) is 14.6. The molecule has 0 atom stereocenters. The first kappa shape index (κ1) is 26.8. The lowest BCUT2D eigenvalue weighted by molar-refractivity contribution is -0.134. The van der Waals surface area contributed by atoms with Crippen molar-refractivity contribution in [1.82, 2.24) is 24.6 Å². The van der Waals surface area contributed by atoms with Gasteiger partial charge in [-0.15, -0.1) is 11.3 Å². The second-order valence-electron chi connectivity index (χ2n) is 10.1. The molecule has 3 aromatic rings. The highest BCUT2D eigenvalue weighted by Crippen LogP contribution is 2.33. The van der Waals surface area contributed by atoms with E-state index in [-0.39, 0.29) is 18.6 Å². The molecule has 3 aliphatic rings. The van der Waals surface area contributed by atoms with Gasteiger partial charge in [0.1, 0.15) is 5.69 Å². The van der Waals surface area contributed by atoms with E-state index in [9.17, 15) is 9.59 Å². The minimum atomic E-state index is -0.0787. The van der Waals surface area contributed by atoms with Crippen molar-refractivity contribution in [2.45, 2.75) is 6.54 Å². The van der Waals surface area contributed by atoms with Crippen molar-refractivity contribution in [3.05, 3.63) is 64.1 Å². The van der Waals surface area contributed by atoms with Crippen LogP contribution in [0.1, 0.15) is 16.1 Å². The summed E-state index contributed by atoms with van der Waals surface area (Å²) < 4.78 is 10.9. The Morgan fingerprint density at radius 1 is 0.875 bits per heavy atom. The summed E-state index contributed by atoms with van der Waals surface area (Å²) in [5.41, 5.74) is 2.48. The molecule has 1 N–H and O–H groups in total. The molecular weight excluding hydrogens is 552 g/mol. The zero-order valence-electron chi connectivity index (χ0n) is 22.1. The van der Waals surface area contributed by atoms with Crippen molar-refractivity contribution in [3.8, 4) is 11.5 Å². The largest absolute Gasteiger partial charge is 0.454 e. The Bertz CT molecular complexity index is 1350. The van der Waals surface area contributed by atoms with E-state index < -0.39 is 0 Å². The van der Waals surface area contributed by atoms with Gasteiger partial charge >= 0.3 is 0 Å². The summed E-state index contributed by atoms with van der Waals surface area (Å²) in [5.74, 6) is 1.67. The number of nitrogens with one attached hydrogen (secondary N) is 1. The van der Waals surface area contributed by atoms with E-state index in [0.717, 1.165) is 49.9 Å². The van der Waals surface area contributed by atoms with Crippen molar-refractivity contribution >= 4 is 45.6 Å². The number of hydrogen-bond acceptors (Lipinski definition) is 9. The lowest BCUT2D eigenvalue weighted by atomic mass is 10.1. The van der Waals surface area contributed by atoms with Gasteiger partial charge in [-0.2, -0.15) is 0 Å². The zero-order chi connectivity index (χ0) is 27.5. The van der Waals surface area contributed by atoms with Crippen molar-refractivity contribution in [2.24, 2.45) is 0 Å². The number of aromatic nitrogens is 1. The molecule has 4 heterocycles. The van der Waals surface area contributed by atoms with Crippen LogP contribution in [-0.4, -0.2) is 102 Å². The van der Waals surface area contributed by atoms with Gasteiger partial charge in [0.2, 0.25) is 12.7 Å². The molecule has 0 spiro atoms. The maximum Gasteiger partial charge on any atom is 0.273 e. The third kappa shape index (κ3) is 6.33. The van der Waals surface area contributed by atoms with Crippen molar-refractivity contribution in [2.75, 3.05) is 71.0 Å². The monoisotopic (exact) mass is 582 g/mol. The quantitative estimate of drug-likeness (QED) is 0.454. The fourth-order valence-electron chi connectivity index (χ4n) is 5.10. The molecule has 2 amide bonds. The topological polar surface area (TPSA) is 90.5 Å². The molecule has 2 aromatic carbocycles. The van der Waals surface area contributed by atoms with Gasteiger partial charge in [0.25, 0.3) is 5.91 Å². The van der Waals surface area contributed by atoms with Gasteiger partial charge in [-0.1, -0.05) is 17.7 Å². The van der Waals surface area contributed by atoms with Gasteiger partial charge in [0.05, 0.1) is 6.54 Å². The number of halogens is 1. The number of hydrogen-bond donors (Lipinski definition) is 1. The number of anilines is 2. The van der Waals surface area contributed by atoms with Crippen molar-refractivity contribution in [3.63, 3.8) is 0 Å². The van der Waals surface area contributed by atoms with E-state index in [4.69, 9.17) is 21.1 Å². The molecular formula is C28H31ClN6O4S. The van der Waals surface area contributed by atoms with Gasteiger partial charge in [-0.3, -0.25) is 19.4 Å². The minimum absolute atomic E-state index is 0.0787. The molecule has 6 rings (SSSR count). The van der Waals surface area contributed by atoms with E-state index >= 15 is 0 Å². The molecule has 2 fully saturated rings. The van der Waals surface area contributed by atoms with E-state index in [1.807, 2.05) is 34.1 Å². The van der Waals surface area contributed by atoms with Crippen LogP contribution < -0.4 is 14.8 Å². The molecule has 1 aromatic heterocycles. The number of amides is 2. The summed E-state index contributed by atoms with van der Waals surface area (Å²) in [7, 11) is 0. The standard InChI is InChI=1S/C28H31ClN6O4S/c29-21-2-4-22(5-3-21)30-28-31-23(18-40-28)27(37)35-13-9-33(10-14-35)17-26(36)34-11-7-32(8-12-34)16-20-1-6-24-25(15-20)39-19-38-24/h1-6,15,18H,7-14,16-17,19H2,(H,30,31). The highest BCUT2D eigenvalue weighted by atomic mass is 35.5. The van der Waals surface area contributed by atoms with E-state index in [0.29, 0.717) is 48.6 Å². The number of benzene rings is 2. The molecule has 0 bridgehead atoms. The number of thiazole rings is 1. The summed E-state index contributed by atoms with van der Waals surface area (Å²) in [5, 5.41) is 6.31. The summed E-state index contributed by atoms with van der Waals surface area (Å²) in [6, 6.07) is 13.4. The van der Waals surface area contributed by atoms with Gasteiger partial charge in [-0.25, -0.2) is 4.98 Å². The van der Waals surface area contributed by atoms with Crippen molar-refractivity contribution in [1.29, 1.82) is 0 Å². The summed E-state index contributed by atoms with van der Waals surface area (Å²) in [6.07, 6.45) is 0. The number of rotatable bonds is 7. The summed E-state index contributed by atoms with van der Waals surface area (Å²) in [6.45, 7) is 7.10. The van der Waals surface area contributed by atoms with E-state index in [1.165, 1.54) is 16.9 Å². The fourth-order valence-corrected chi connectivity index (χ4v) is 5.93. The number of fused-ring (bicyclic) bond motifs is 1. The minimum Gasteiger partial charge on any atom is -0.454 e. The van der Waals surface area contributed by atoms with E-state index in [1.54, 1.807) is 17.5 Å². The molecule has 0 radical (unpaired) electrons. The zero-order valence-corrected chi connectivity index (χ0v) is 23.6. The number of piperazine rings is 2. The fraction of sp³-hybridized carbons (Fsp3) is 0.393. The average Bonchev–Trinajstić information content (AvgIpc) is 3.64. The SMILES string of the molecule is O=C(CN1CCN(C(=O)c2csc(Nc3ccc(Cl)cc3)n2)CC1)N1CCN(Cc2ccc3c(c2)OCO3)CC1. The van der Waals surface area contributed by atoms with Gasteiger partial charge in [0.15, 0.2) is 16.6 Å². The Kier molecular flexibility index (Phi) is 8.05. The van der Waals surface area contributed by atoms with Crippen LogP contribution in [0, 0.1) is 0 Å². The molecule has 0 aliphatic carbocycles. The molecule has 40 heavy (non-hydrogen) atoms. The van der Waals surface area contributed by atoms with Crippen LogP contribution in [0.15, 0.2) is 47.8 Å². The van der Waals surface area contributed by atoms with Crippen LogP contribution >= 0.6 is 22.9 Å². The van der Waals surface area contributed by atoms with Crippen LogP contribution in [0.25, 0.3) is 0 Å². The van der Waals surface area contributed by atoms with Crippen LogP contribution in [0.5, 0.6) is 11.5 Å². The Labute approximate surface area is 242 Å². The Morgan fingerprint density at radius 3 is 2.35 bits per heavy atom. The molecule has 0 unspecified atom stereocenters. The molecule has 0 saturated carbocycles. The summed E-state index contributed by atoms with van der Waals surface area (Å²) in [4.78, 5) is 38.8. The smallest absolute Gasteiger partial charge is 0.273 e. The maximum absolute atomic E-state index is 13.0. The third-order valence-corrected chi connectivity index (χ3v) is 8.42. The third-order valence-electron chi connectivity index (χ3n) is 7.41. The molecule has 12 heteroatoms. The number of nitrogens with zero attached hydrogens (tertiary/aromatic N) is 5. The van der Waals surface area contributed by atoms with Gasteiger partial charge in [0, 0.05) is 75.0 Å². The van der Waals surface area contributed by atoms with Crippen LogP contribution in [0.2, 0.25) is 5.02 Å². The molecule has 10 nitrogen and oxygen atoms in total. The predicted molar refractivity (Wildman–Crippen MR) is 154 cm³/mol. The average molecular weight is 583 g/mol. The Hall–Kier alpha value is -3.38. The van der Waals surface area contributed by atoms with Crippen LogP contribution in [0.4, 0.5) is 10.8 Å². The number of carbonyl (C=O) groups excluding carboxylic acids is 2. The second kappa shape index (κ2) is 12.0. The van der Waals surface area contributed by atoms with E-state index in [2.05, 4.69) is 26.2 Å². The highest BCUT2D eigenvalue weighted by Gasteiger charge is 2.27. The maximum atomic E-state index is 13.0. The summed E-state index contributed by atoms with van der Waals surface area (Å²) >= 11 is 7.34. The predicted octanol–water partition coefficient (Wildman–Crippen LogP) is 3.37. The van der Waals surface area contributed by atoms with Gasteiger partial charge < -0.3 is 24.6 Å². The highest BCUT2D eigenvalue weighted by molar-refractivity contribution is 7.14. The van der Waals surface area contributed by atoms with Crippen LogP contribution in [-0.2, 0) is 11.3 Å². The lowest BCUT2D eigenvalue weighted by Gasteiger charge is -2.38. The first-order chi connectivity index (χ1) is 19.5. The Morgan fingerprint density at radius 2 is 1.57 bits per heavy atom. The Balaban J connectivity index is 0.924. The van der Waals surface area contributed by atoms with Gasteiger partial charge in [-0.05, 0) is 42.0 Å². The first-order valence-electron chi connectivity index (χ1n) is 13.4. The molecule has 3 aliphatic heterocycles. The molecule has 2 saturated heterocycles. The molecule has 210 valence electrons. The number of ether oxygens (including phenoxy) is 2. The van der Waals surface area contributed by atoms with Crippen LogP contribution in [0.3, 0.4) is 0 Å². The van der Waals surface area contributed by atoms with Crippen molar-refractivity contribution < 1.29 is 19.1 Å². The number of carbonyl (C=O) groups is 2. The lowest BCUT2D eigenvalue weighted by Crippen LogP contribution is -2.54. The second-order valence-corrected chi connectivity index (χ2v) is 11.4. The normalized spacial score (nSPS) is 17.7.